The van der Waals surface area contributed by atoms with Crippen molar-refractivity contribution >= 4 is 6.34 Å². The normalized spacial score (nSPS) is 14.9. The molecule has 1 heterocycles. The van der Waals surface area contributed by atoms with Crippen LogP contribution in [0.4, 0.5) is 0 Å². The lowest BCUT2D eigenvalue weighted by atomic mass is 9.99. The van der Waals surface area contributed by atoms with Gasteiger partial charge in [0.25, 0.3) is 0 Å². The van der Waals surface area contributed by atoms with Gasteiger partial charge in [-0.2, -0.15) is 0 Å². The summed E-state index contributed by atoms with van der Waals surface area (Å²) < 4.78 is 17.0. The summed E-state index contributed by atoms with van der Waals surface area (Å²) in [7, 11) is 3.42. The molecule has 5 nitrogen and oxygen atoms in total. The lowest BCUT2D eigenvalue weighted by Crippen LogP contribution is -2.31. The summed E-state index contributed by atoms with van der Waals surface area (Å²) in [5, 5.41) is 0. The fourth-order valence-corrected chi connectivity index (χ4v) is 3.45. The Morgan fingerprint density at radius 2 is 1.83 bits per heavy atom. The standard InChI is InChI=1S/C24H32N2O3/c1-18(2)22(16-27-3)25-17-26-11-10-20-12-24(23(28-4)13-21(20)14-26)29-15-19-8-6-5-7-9-19/h5-9,12-13,17-18,22H,10-11,14-16H2,1-4H3. The quantitative estimate of drug-likeness (QED) is 0.467. The Labute approximate surface area is 174 Å². The molecule has 0 aliphatic carbocycles. The summed E-state index contributed by atoms with van der Waals surface area (Å²) in [5.74, 6) is 2.03. The van der Waals surface area contributed by atoms with Crippen LogP contribution in [0.5, 0.6) is 11.5 Å². The minimum Gasteiger partial charge on any atom is -0.493 e. The highest BCUT2D eigenvalue weighted by Crippen LogP contribution is 2.34. The Morgan fingerprint density at radius 3 is 2.52 bits per heavy atom. The topological polar surface area (TPSA) is 43.3 Å². The Bertz CT molecular complexity index is 805. The van der Waals surface area contributed by atoms with Gasteiger partial charge >= 0.3 is 0 Å². The predicted octanol–water partition coefficient (Wildman–Crippen LogP) is 4.33. The van der Waals surface area contributed by atoms with E-state index in [4.69, 9.17) is 19.2 Å². The maximum absolute atomic E-state index is 6.06. The van der Waals surface area contributed by atoms with E-state index in [0.29, 0.717) is 19.1 Å². The van der Waals surface area contributed by atoms with E-state index >= 15 is 0 Å². The van der Waals surface area contributed by atoms with Crippen molar-refractivity contribution < 1.29 is 14.2 Å². The molecule has 2 aromatic rings. The van der Waals surface area contributed by atoms with Gasteiger partial charge in [0.15, 0.2) is 11.5 Å². The molecule has 2 aromatic carbocycles. The van der Waals surface area contributed by atoms with Crippen molar-refractivity contribution in [2.75, 3.05) is 27.4 Å². The second-order valence-corrected chi connectivity index (χ2v) is 7.80. The fraction of sp³-hybridized carbons (Fsp3) is 0.458. The van der Waals surface area contributed by atoms with Gasteiger partial charge in [-0.25, -0.2) is 0 Å². The molecule has 29 heavy (non-hydrogen) atoms. The maximum atomic E-state index is 6.06. The molecular formula is C24H32N2O3. The van der Waals surface area contributed by atoms with Gasteiger partial charge in [0, 0.05) is 20.2 Å². The molecule has 0 fully saturated rings. The lowest BCUT2D eigenvalue weighted by Gasteiger charge is -2.28. The molecule has 0 N–H and O–H groups in total. The molecule has 1 atom stereocenters. The van der Waals surface area contributed by atoms with Crippen molar-refractivity contribution in [1.29, 1.82) is 0 Å². The summed E-state index contributed by atoms with van der Waals surface area (Å²) in [6.45, 7) is 7.30. The third-order valence-electron chi connectivity index (χ3n) is 5.29. The zero-order valence-electron chi connectivity index (χ0n) is 17.9. The van der Waals surface area contributed by atoms with E-state index in [1.807, 2.05) is 24.5 Å². The number of ether oxygens (including phenoxy) is 3. The largest absolute Gasteiger partial charge is 0.493 e. The number of benzene rings is 2. The van der Waals surface area contributed by atoms with Gasteiger partial charge in [-0.3, -0.25) is 4.99 Å². The maximum Gasteiger partial charge on any atom is 0.161 e. The SMILES string of the molecule is COCC(N=CN1CCc2cc(OCc3ccccc3)c(OC)cc2C1)C(C)C. The first-order valence-electron chi connectivity index (χ1n) is 10.2. The second-order valence-electron chi connectivity index (χ2n) is 7.80. The molecular weight excluding hydrogens is 364 g/mol. The zero-order chi connectivity index (χ0) is 20.6. The highest BCUT2D eigenvalue weighted by Gasteiger charge is 2.19. The van der Waals surface area contributed by atoms with Crippen LogP contribution in [0.2, 0.25) is 0 Å². The number of rotatable bonds is 9. The lowest BCUT2D eigenvalue weighted by molar-refractivity contribution is 0.164. The first kappa shape index (κ1) is 21.2. The minimum atomic E-state index is 0.185. The summed E-state index contributed by atoms with van der Waals surface area (Å²) in [6, 6.07) is 14.6. The molecule has 1 aliphatic rings. The third kappa shape index (κ3) is 5.73. The van der Waals surface area contributed by atoms with Gasteiger partial charge < -0.3 is 19.1 Å². The van der Waals surface area contributed by atoms with E-state index in [2.05, 4.69) is 43.0 Å². The first-order chi connectivity index (χ1) is 14.1. The molecule has 0 saturated carbocycles. The van der Waals surface area contributed by atoms with Crippen molar-refractivity contribution in [3.63, 3.8) is 0 Å². The van der Waals surface area contributed by atoms with E-state index in [0.717, 1.165) is 36.6 Å². The van der Waals surface area contributed by atoms with Crippen molar-refractivity contribution in [3.05, 3.63) is 59.2 Å². The molecule has 0 bridgehead atoms. The van der Waals surface area contributed by atoms with E-state index in [1.165, 1.54) is 11.1 Å². The zero-order valence-corrected chi connectivity index (χ0v) is 17.9. The van der Waals surface area contributed by atoms with Crippen LogP contribution >= 0.6 is 0 Å². The summed E-state index contributed by atoms with van der Waals surface area (Å²) in [5.41, 5.74) is 3.72. The molecule has 0 spiro atoms. The van der Waals surface area contributed by atoms with Crippen molar-refractivity contribution in [1.82, 2.24) is 4.90 Å². The van der Waals surface area contributed by atoms with E-state index in [-0.39, 0.29) is 6.04 Å². The van der Waals surface area contributed by atoms with Gasteiger partial charge in [-0.05, 0) is 41.2 Å². The number of methoxy groups -OCH3 is 2. The molecule has 1 aliphatic heterocycles. The van der Waals surface area contributed by atoms with Gasteiger partial charge in [0.1, 0.15) is 6.61 Å². The van der Waals surface area contributed by atoms with Crippen LogP contribution in [-0.2, 0) is 24.3 Å². The fourth-order valence-electron chi connectivity index (χ4n) is 3.45. The molecule has 156 valence electrons. The summed E-state index contributed by atoms with van der Waals surface area (Å²) in [6.07, 6.45) is 2.95. The number of hydrogen-bond acceptors (Lipinski definition) is 4. The van der Waals surface area contributed by atoms with Crippen LogP contribution in [0.15, 0.2) is 47.5 Å². The molecule has 0 radical (unpaired) electrons. The Morgan fingerprint density at radius 1 is 1.07 bits per heavy atom. The van der Waals surface area contributed by atoms with Crippen LogP contribution in [0.25, 0.3) is 0 Å². The van der Waals surface area contributed by atoms with Crippen LogP contribution in [0.1, 0.15) is 30.5 Å². The Balaban J connectivity index is 1.69. The number of fused-ring (bicyclic) bond motifs is 1. The average molecular weight is 397 g/mol. The van der Waals surface area contributed by atoms with Crippen LogP contribution in [0, 0.1) is 5.92 Å². The summed E-state index contributed by atoms with van der Waals surface area (Å²) >= 11 is 0. The Kier molecular flexibility index (Phi) is 7.53. The highest BCUT2D eigenvalue weighted by atomic mass is 16.5. The van der Waals surface area contributed by atoms with E-state index < -0.39 is 0 Å². The molecule has 0 saturated heterocycles. The van der Waals surface area contributed by atoms with Crippen LogP contribution in [0.3, 0.4) is 0 Å². The van der Waals surface area contributed by atoms with E-state index in [9.17, 15) is 0 Å². The third-order valence-corrected chi connectivity index (χ3v) is 5.29. The Hall–Kier alpha value is -2.53. The first-order valence-corrected chi connectivity index (χ1v) is 10.2. The van der Waals surface area contributed by atoms with Gasteiger partial charge in [-0.15, -0.1) is 0 Å². The van der Waals surface area contributed by atoms with Gasteiger partial charge in [0.2, 0.25) is 0 Å². The smallest absolute Gasteiger partial charge is 0.161 e. The second kappa shape index (κ2) is 10.3. The minimum absolute atomic E-state index is 0.185. The molecule has 0 amide bonds. The highest BCUT2D eigenvalue weighted by molar-refractivity contribution is 5.58. The van der Waals surface area contributed by atoms with E-state index in [1.54, 1.807) is 14.2 Å². The van der Waals surface area contributed by atoms with Gasteiger partial charge in [0.05, 0.1) is 26.1 Å². The predicted molar refractivity (Wildman–Crippen MR) is 117 cm³/mol. The number of hydrogen-bond donors (Lipinski definition) is 0. The van der Waals surface area contributed by atoms with Crippen LogP contribution in [-0.4, -0.2) is 44.7 Å². The molecule has 1 unspecified atom stereocenters. The molecule has 0 aromatic heterocycles. The molecule has 5 heteroatoms. The number of nitrogens with zero attached hydrogens (tertiary/aromatic N) is 2. The summed E-state index contributed by atoms with van der Waals surface area (Å²) in [4.78, 5) is 7.01. The van der Waals surface area contributed by atoms with Gasteiger partial charge in [-0.1, -0.05) is 44.2 Å². The monoisotopic (exact) mass is 396 g/mol. The van der Waals surface area contributed by atoms with Crippen molar-refractivity contribution in [3.8, 4) is 11.5 Å². The van der Waals surface area contributed by atoms with Crippen molar-refractivity contribution in [2.45, 2.75) is 39.5 Å². The van der Waals surface area contributed by atoms with Crippen LogP contribution < -0.4 is 9.47 Å². The van der Waals surface area contributed by atoms with Crippen molar-refractivity contribution in [2.24, 2.45) is 10.9 Å². The number of aliphatic imine (C=N–C) groups is 1. The molecule has 3 rings (SSSR count). The average Bonchev–Trinajstić information content (AvgIpc) is 2.74.